The van der Waals surface area contributed by atoms with Crippen LogP contribution in [0.1, 0.15) is 12.0 Å². The number of para-hydroxylation sites is 1. The zero-order chi connectivity index (χ0) is 12.4. The molecular formula is C14H18N2O2. The van der Waals surface area contributed by atoms with Crippen molar-refractivity contribution in [3.05, 3.63) is 29.8 Å². The molecule has 0 aliphatic carbocycles. The summed E-state index contributed by atoms with van der Waals surface area (Å²) < 4.78 is 5.84. The third-order valence-electron chi connectivity index (χ3n) is 3.62. The van der Waals surface area contributed by atoms with Crippen LogP contribution in [0.3, 0.4) is 0 Å². The number of rotatable bonds is 1. The number of aryl methyl sites for hydroxylation is 1. The molecule has 4 heteroatoms. The van der Waals surface area contributed by atoms with Gasteiger partial charge in [0.2, 0.25) is 0 Å². The summed E-state index contributed by atoms with van der Waals surface area (Å²) in [5.41, 5.74) is 1.21. The van der Waals surface area contributed by atoms with E-state index in [0.717, 1.165) is 44.8 Å². The summed E-state index contributed by atoms with van der Waals surface area (Å²) in [5, 5.41) is 3.25. The molecular weight excluding hydrogens is 228 g/mol. The molecule has 1 aromatic carbocycles. The van der Waals surface area contributed by atoms with Crippen molar-refractivity contribution < 1.29 is 9.53 Å². The minimum absolute atomic E-state index is 0.144. The molecule has 0 aromatic heterocycles. The lowest BCUT2D eigenvalue weighted by molar-refractivity contribution is -0.140. The summed E-state index contributed by atoms with van der Waals surface area (Å²) in [5.74, 6) is 1.02. The van der Waals surface area contributed by atoms with E-state index in [9.17, 15) is 4.79 Å². The van der Waals surface area contributed by atoms with E-state index in [1.54, 1.807) is 0 Å². The summed E-state index contributed by atoms with van der Waals surface area (Å²) in [6, 6.07) is 7.99. The minimum Gasteiger partial charge on any atom is -0.480 e. The molecule has 0 spiro atoms. The van der Waals surface area contributed by atoms with Crippen molar-refractivity contribution in [3.8, 4) is 5.75 Å². The smallest absolute Gasteiger partial charge is 0.263 e. The maximum absolute atomic E-state index is 12.3. The molecule has 0 saturated carbocycles. The van der Waals surface area contributed by atoms with E-state index in [4.69, 9.17) is 4.74 Å². The van der Waals surface area contributed by atoms with Crippen molar-refractivity contribution in [3.63, 3.8) is 0 Å². The van der Waals surface area contributed by atoms with E-state index in [-0.39, 0.29) is 12.0 Å². The number of piperazine rings is 1. The minimum atomic E-state index is -0.294. The highest BCUT2D eigenvalue weighted by atomic mass is 16.5. The van der Waals surface area contributed by atoms with Gasteiger partial charge < -0.3 is 15.0 Å². The summed E-state index contributed by atoms with van der Waals surface area (Å²) in [4.78, 5) is 14.2. The second kappa shape index (κ2) is 4.98. The fourth-order valence-corrected chi connectivity index (χ4v) is 2.59. The van der Waals surface area contributed by atoms with Crippen molar-refractivity contribution in [2.75, 3.05) is 26.2 Å². The Labute approximate surface area is 107 Å². The van der Waals surface area contributed by atoms with E-state index in [1.807, 2.05) is 23.1 Å². The van der Waals surface area contributed by atoms with Crippen LogP contribution in [0.4, 0.5) is 0 Å². The standard InChI is InChI=1S/C14H18N2O2/c17-14(16-9-7-15-8-10-16)13-6-5-11-3-1-2-4-12(11)18-13/h1-4,13,15H,5-10H2. The van der Waals surface area contributed by atoms with Crippen LogP contribution in [0.2, 0.25) is 0 Å². The first kappa shape index (κ1) is 11.5. The highest BCUT2D eigenvalue weighted by Crippen LogP contribution is 2.27. The Morgan fingerprint density at radius 2 is 2.06 bits per heavy atom. The zero-order valence-corrected chi connectivity index (χ0v) is 10.4. The lowest BCUT2D eigenvalue weighted by Gasteiger charge is -2.33. The van der Waals surface area contributed by atoms with Gasteiger partial charge >= 0.3 is 0 Å². The average Bonchev–Trinajstić information content (AvgIpc) is 2.47. The molecule has 4 nitrogen and oxygen atoms in total. The van der Waals surface area contributed by atoms with Crippen molar-refractivity contribution >= 4 is 5.91 Å². The second-order valence-electron chi connectivity index (χ2n) is 4.83. The number of hydrogen-bond donors (Lipinski definition) is 1. The molecule has 0 radical (unpaired) electrons. The van der Waals surface area contributed by atoms with Gasteiger partial charge in [0.05, 0.1) is 0 Å². The molecule has 1 fully saturated rings. The maximum atomic E-state index is 12.3. The highest BCUT2D eigenvalue weighted by molar-refractivity contribution is 5.81. The Bertz CT molecular complexity index is 441. The van der Waals surface area contributed by atoms with Gasteiger partial charge in [0.15, 0.2) is 6.10 Å². The molecule has 1 atom stereocenters. The topological polar surface area (TPSA) is 41.6 Å². The Morgan fingerprint density at radius 1 is 1.28 bits per heavy atom. The van der Waals surface area contributed by atoms with Crippen LogP contribution in [0.25, 0.3) is 0 Å². The van der Waals surface area contributed by atoms with E-state index < -0.39 is 0 Å². The average molecular weight is 246 g/mol. The fourth-order valence-electron chi connectivity index (χ4n) is 2.59. The predicted molar refractivity (Wildman–Crippen MR) is 68.6 cm³/mol. The highest BCUT2D eigenvalue weighted by Gasteiger charge is 2.30. The zero-order valence-electron chi connectivity index (χ0n) is 10.4. The van der Waals surface area contributed by atoms with Crippen molar-refractivity contribution in [1.82, 2.24) is 10.2 Å². The van der Waals surface area contributed by atoms with Crippen LogP contribution in [0.5, 0.6) is 5.75 Å². The van der Waals surface area contributed by atoms with Crippen LogP contribution < -0.4 is 10.1 Å². The molecule has 2 aliphatic heterocycles. The van der Waals surface area contributed by atoms with Gasteiger partial charge in [-0.15, -0.1) is 0 Å². The molecule has 2 heterocycles. The Kier molecular flexibility index (Phi) is 3.19. The van der Waals surface area contributed by atoms with E-state index in [2.05, 4.69) is 11.4 Å². The normalized spacial score (nSPS) is 23.1. The van der Waals surface area contributed by atoms with Crippen LogP contribution >= 0.6 is 0 Å². The molecule has 1 amide bonds. The number of carbonyl (C=O) groups is 1. The molecule has 1 aromatic rings. The molecule has 1 N–H and O–H groups in total. The van der Waals surface area contributed by atoms with Crippen molar-refractivity contribution in [1.29, 1.82) is 0 Å². The second-order valence-corrected chi connectivity index (χ2v) is 4.83. The van der Waals surface area contributed by atoms with Crippen LogP contribution in [-0.2, 0) is 11.2 Å². The molecule has 3 rings (SSSR count). The number of amides is 1. The molecule has 1 unspecified atom stereocenters. The van der Waals surface area contributed by atoms with Gasteiger partial charge in [0.25, 0.3) is 5.91 Å². The quantitative estimate of drug-likeness (QED) is 0.797. The lowest BCUT2D eigenvalue weighted by Crippen LogP contribution is -2.51. The Morgan fingerprint density at radius 3 is 2.89 bits per heavy atom. The Hall–Kier alpha value is -1.55. The van der Waals surface area contributed by atoms with Gasteiger partial charge in [-0.3, -0.25) is 4.79 Å². The molecule has 96 valence electrons. The largest absolute Gasteiger partial charge is 0.480 e. The summed E-state index contributed by atoms with van der Waals surface area (Å²) in [7, 11) is 0. The fraction of sp³-hybridized carbons (Fsp3) is 0.500. The summed E-state index contributed by atoms with van der Waals surface area (Å²) >= 11 is 0. The SMILES string of the molecule is O=C(C1CCc2ccccc2O1)N1CCNCC1. The van der Waals surface area contributed by atoms with Crippen LogP contribution in [0, 0.1) is 0 Å². The third-order valence-corrected chi connectivity index (χ3v) is 3.62. The first-order valence-corrected chi connectivity index (χ1v) is 6.58. The summed E-state index contributed by atoms with van der Waals surface area (Å²) in [6.45, 7) is 3.35. The number of nitrogens with one attached hydrogen (secondary N) is 1. The number of nitrogens with zero attached hydrogens (tertiary/aromatic N) is 1. The number of fused-ring (bicyclic) bond motifs is 1. The van der Waals surface area contributed by atoms with Crippen LogP contribution in [-0.4, -0.2) is 43.1 Å². The molecule has 2 aliphatic rings. The van der Waals surface area contributed by atoms with Gasteiger partial charge in [-0.2, -0.15) is 0 Å². The van der Waals surface area contributed by atoms with E-state index in [0.29, 0.717) is 0 Å². The number of benzene rings is 1. The first-order chi connectivity index (χ1) is 8.84. The van der Waals surface area contributed by atoms with Gasteiger partial charge in [0.1, 0.15) is 5.75 Å². The van der Waals surface area contributed by atoms with Gasteiger partial charge in [-0.1, -0.05) is 18.2 Å². The molecule has 1 saturated heterocycles. The van der Waals surface area contributed by atoms with Crippen molar-refractivity contribution in [2.24, 2.45) is 0 Å². The van der Waals surface area contributed by atoms with Crippen molar-refractivity contribution in [2.45, 2.75) is 18.9 Å². The number of hydrogen-bond acceptors (Lipinski definition) is 3. The molecule has 18 heavy (non-hydrogen) atoms. The van der Waals surface area contributed by atoms with Gasteiger partial charge in [-0.25, -0.2) is 0 Å². The third kappa shape index (κ3) is 2.20. The predicted octanol–water partition coefficient (Wildman–Crippen LogP) is 0.812. The van der Waals surface area contributed by atoms with E-state index in [1.165, 1.54) is 5.56 Å². The van der Waals surface area contributed by atoms with Gasteiger partial charge in [-0.05, 0) is 24.5 Å². The van der Waals surface area contributed by atoms with Gasteiger partial charge in [0, 0.05) is 26.2 Å². The molecule has 0 bridgehead atoms. The monoisotopic (exact) mass is 246 g/mol. The first-order valence-electron chi connectivity index (χ1n) is 6.58. The lowest BCUT2D eigenvalue weighted by atomic mass is 10.0. The Balaban J connectivity index is 1.69. The van der Waals surface area contributed by atoms with Crippen LogP contribution in [0.15, 0.2) is 24.3 Å². The number of carbonyl (C=O) groups excluding carboxylic acids is 1. The van der Waals surface area contributed by atoms with E-state index >= 15 is 0 Å². The maximum Gasteiger partial charge on any atom is 0.263 e. The summed E-state index contributed by atoms with van der Waals surface area (Å²) in [6.07, 6.45) is 1.43. The number of ether oxygens (including phenoxy) is 1.